The van der Waals surface area contributed by atoms with Gasteiger partial charge in [-0.3, -0.25) is 4.79 Å². The largest absolute Gasteiger partial charge is 0.491 e. The number of amides is 1. The quantitative estimate of drug-likeness (QED) is 0.774. The zero-order valence-corrected chi connectivity index (χ0v) is 15.2. The monoisotopic (exact) mass is 373 g/mol. The summed E-state index contributed by atoms with van der Waals surface area (Å²) in [5, 5.41) is 11.3. The van der Waals surface area contributed by atoms with Crippen molar-refractivity contribution < 1.29 is 17.9 Å². The molecule has 26 heavy (non-hydrogen) atoms. The highest BCUT2D eigenvalue weighted by molar-refractivity contribution is 7.89. The molecule has 2 aromatic carbocycles. The van der Waals surface area contributed by atoms with E-state index in [1.807, 2.05) is 19.9 Å². The summed E-state index contributed by atoms with van der Waals surface area (Å²) in [7, 11) is -3.81. The fraction of sp³-hybridized carbons (Fsp3) is 0.222. The van der Waals surface area contributed by atoms with Gasteiger partial charge in [-0.05, 0) is 62.4 Å². The van der Waals surface area contributed by atoms with Crippen molar-refractivity contribution in [2.24, 2.45) is 0 Å². The molecule has 0 saturated carbocycles. The first-order valence-corrected chi connectivity index (χ1v) is 9.35. The van der Waals surface area contributed by atoms with Gasteiger partial charge in [-0.2, -0.15) is 5.26 Å². The lowest BCUT2D eigenvalue weighted by Gasteiger charge is -2.11. The van der Waals surface area contributed by atoms with E-state index in [1.54, 1.807) is 36.4 Å². The van der Waals surface area contributed by atoms with Crippen molar-refractivity contribution in [1.29, 1.82) is 5.26 Å². The van der Waals surface area contributed by atoms with Crippen molar-refractivity contribution in [3.8, 4) is 11.8 Å². The second-order valence-electron chi connectivity index (χ2n) is 5.70. The molecule has 136 valence electrons. The Morgan fingerprint density at radius 1 is 1.12 bits per heavy atom. The number of nitriles is 1. The van der Waals surface area contributed by atoms with Crippen LogP contribution in [-0.4, -0.2) is 27.0 Å². The first kappa shape index (κ1) is 19.4. The number of rotatable bonds is 7. The maximum absolute atomic E-state index is 12.2. The molecule has 0 spiro atoms. The number of carbonyl (C=O) groups is 1. The van der Waals surface area contributed by atoms with Gasteiger partial charge in [-0.15, -0.1) is 0 Å². The molecule has 7 nitrogen and oxygen atoms in total. The Bertz CT molecular complexity index is 899. The number of hydrogen-bond donors (Lipinski definition) is 2. The summed E-state index contributed by atoms with van der Waals surface area (Å²) in [5.41, 5.74) is 0.942. The van der Waals surface area contributed by atoms with E-state index in [4.69, 9.17) is 10.00 Å². The number of nitrogens with one attached hydrogen (secondary N) is 2. The molecule has 0 atom stereocenters. The number of carbonyl (C=O) groups excluding carboxylic acids is 1. The molecule has 0 heterocycles. The second-order valence-corrected chi connectivity index (χ2v) is 7.47. The van der Waals surface area contributed by atoms with Crippen LogP contribution in [0.2, 0.25) is 0 Å². The Labute approximate surface area is 152 Å². The van der Waals surface area contributed by atoms with Crippen molar-refractivity contribution >= 4 is 21.6 Å². The molecule has 0 fully saturated rings. The molecule has 2 rings (SSSR count). The molecular formula is C18H19N3O4S. The van der Waals surface area contributed by atoms with Crippen LogP contribution in [0.4, 0.5) is 5.69 Å². The lowest BCUT2D eigenvalue weighted by atomic mass is 10.2. The number of nitrogens with zero attached hydrogens (tertiary/aromatic N) is 1. The first-order valence-electron chi connectivity index (χ1n) is 7.86. The molecule has 0 aliphatic rings. The summed E-state index contributed by atoms with van der Waals surface area (Å²) in [4.78, 5) is 11.9. The van der Waals surface area contributed by atoms with E-state index in [0.29, 0.717) is 17.0 Å². The van der Waals surface area contributed by atoms with E-state index in [1.165, 1.54) is 12.1 Å². The predicted octanol–water partition coefficient (Wildman–Crippen LogP) is 2.26. The van der Waals surface area contributed by atoms with Crippen LogP contribution in [0, 0.1) is 11.3 Å². The molecule has 0 radical (unpaired) electrons. The van der Waals surface area contributed by atoms with Crippen LogP contribution in [0.3, 0.4) is 0 Å². The van der Waals surface area contributed by atoms with Crippen LogP contribution in [0.25, 0.3) is 0 Å². The van der Waals surface area contributed by atoms with Crippen LogP contribution in [0.5, 0.6) is 5.75 Å². The van der Waals surface area contributed by atoms with Gasteiger partial charge >= 0.3 is 0 Å². The molecule has 0 bridgehead atoms. The van der Waals surface area contributed by atoms with E-state index in [2.05, 4.69) is 10.0 Å². The van der Waals surface area contributed by atoms with Gasteiger partial charge in [0.05, 0.1) is 29.2 Å². The molecule has 2 N–H and O–H groups in total. The molecule has 0 aromatic heterocycles. The number of sulfonamides is 1. The summed E-state index contributed by atoms with van der Waals surface area (Å²) in [6.07, 6.45) is -0.0125. The molecule has 8 heteroatoms. The van der Waals surface area contributed by atoms with E-state index in [-0.39, 0.29) is 11.0 Å². The molecular weight excluding hydrogens is 354 g/mol. The van der Waals surface area contributed by atoms with E-state index in [0.717, 1.165) is 0 Å². The van der Waals surface area contributed by atoms with Crippen LogP contribution < -0.4 is 14.8 Å². The molecule has 1 amide bonds. The highest BCUT2D eigenvalue weighted by atomic mass is 32.2. The van der Waals surface area contributed by atoms with E-state index >= 15 is 0 Å². The maximum Gasteiger partial charge on any atom is 0.241 e. The predicted molar refractivity (Wildman–Crippen MR) is 97.2 cm³/mol. The van der Waals surface area contributed by atoms with Crippen molar-refractivity contribution in [2.75, 3.05) is 11.9 Å². The molecule has 0 aliphatic carbocycles. The van der Waals surface area contributed by atoms with E-state index in [9.17, 15) is 13.2 Å². The minimum absolute atomic E-state index is 0.0125. The van der Waals surface area contributed by atoms with Crippen molar-refractivity contribution in [3.05, 3.63) is 54.1 Å². The van der Waals surface area contributed by atoms with Gasteiger partial charge in [0, 0.05) is 5.69 Å². The number of hydrogen-bond acceptors (Lipinski definition) is 5. The lowest BCUT2D eigenvalue weighted by molar-refractivity contribution is -0.115. The molecule has 0 saturated heterocycles. The van der Waals surface area contributed by atoms with Gasteiger partial charge < -0.3 is 10.1 Å². The zero-order chi connectivity index (χ0) is 19.2. The average Bonchev–Trinajstić information content (AvgIpc) is 2.61. The third kappa shape index (κ3) is 5.58. The van der Waals surface area contributed by atoms with Gasteiger partial charge in [0.15, 0.2) is 0 Å². The summed E-state index contributed by atoms with van der Waals surface area (Å²) < 4.78 is 32.2. The van der Waals surface area contributed by atoms with Crippen LogP contribution in [0.1, 0.15) is 19.4 Å². The minimum Gasteiger partial charge on any atom is -0.491 e. The van der Waals surface area contributed by atoms with Crippen LogP contribution >= 0.6 is 0 Å². The Morgan fingerprint density at radius 3 is 2.27 bits per heavy atom. The topological polar surface area (TPSA) is 108 Å². The first-order chi connectivity index (χ1) is 12.3. The highest BCUT2D eigenvalue weighted by Crippen LogP contribution is 2.17. The van der Waals surface area contributed by atoms with Crippen LogP contribution in [-0.2, 0) is 14.8 Å². The second kappa shape index (κ2) is 8.47. The third-order valence-electron chi connectivity index (χ3n) is 3.23. The zero-order valence-electron chi connectivity index (χ0n) is 14.4. The SMILES string of the molecule is CC(C)Oc1ccc(S(=O)(=O)NCC(=O)Nc2ccc(C#N)cc2)cc1. The molecule has 0 aliphatic heterocycles. The fourth-order valence-electron chi connectivity index (χ4n) is 2.05. The summed E-state index contributed by atoms with van der Waals surface area (Å²) in [6.45, 7) is 3.34. The number of anilines is 1. The van der Waals surface area contributed by atoms with Gasteiger partial charge in [-0.25, -0.2) is 13.1 Å². The van der Waals surface area contributed by atoms with Crippen LogP contribution in [0.15, 0.2) is 53.4 Å². The number of ether oxygens (including phenoxy) is 1. The molecule has 2 aromatic rings. The van der Waals surface area contributed by atoms with Crippen molar-refractivity contribution in [1.82, 2.24) is 4.72 Å². The standard InChI is InChI=1S/C18H19N3O4S/c1-13(2)25-16-7-9-17(10-8-16)26(23,24)20-12-18(22)21-15-5-3-14(11-19)4-6-15/h3-10,13,20H,12H2,1-2H3,(H,21,22). The van der Waals surface area contributed by atoms with Crippen molar-refractivity contribution in [2.45, 2.75) is 24.8 Å². The molecule has 0 unspecified atom stereocenters. The Balaban J connectivity index is 1.94. The van der Waals surface area contributed by atoms with Crippen molar-refractivity contribution in [3.63, 3.8) is 0 Å². The Morgan fingerprint density at radius 2 is 1.73 bits per heavy atom. The Kier molecular flexibility index (Phi) is 6.33. The smallest absolute Gasteiger partial charge is 0.241 e. The van der Waals surface area contributed by atoms with Gasteiger partial charge in [0.1, 0.15) is 5.75 Å². The average molecular weight is 373 g/mol. The minimum atomic E-state index is -3.81. The summed E-state index contributed by atoms with van der Waals surface area (Å²) in [6, 6.07) is 14.2. The summed E-state index contributed by atoms with van der Waals surface area (Å²) >= 11 is 0. The normalized spacial score (nSPS) is 11.0. The third-order valence-corrected chi connectivity index (χ3v) is 4.64. The fourth-order valence-corrected chi connectivity index (χ4v) is 3.03. The maximum atomic E-state index is 12.2. The lowest BCUT2D eigenvalue weighted by Crippen LogP contribution is -2.32. The highest BCUT2D eigenvalue weighted by Gasteiger charge is 2.16. The van der Waals surface area contributed by atoms with E-state index < -0.39 is 22.5 Å². The Hall–Kier alpha value is -2.89. The number of benzene rings is 2. The summed E-state index contributed by atoms with van der Waals surface area (Å²) in [5.74, 6) is 0.0514. The van der Waals surface area contributed by atoms with Gasteiger partial charge in [0.25, 0.3) is 0 Å². The van der Waals surface area contributed by atoms with Gasteiger partial charge in [0.2, 0.25) is 15.9 Å². The van der Waals surface area contributed by atoms with Gasteiger partial charge in [-0.1, -0.05) is 0 Å².